The summed E-state index contributed by atoms with van der Waals surface area (Å²) in [5.74, 6) is 0. The van der Waals surface area contributed by atoms with E-state index < -0.39 is 0 Å². The smallest absolute Gasteiger partial charge is 0.315 e. The van der Waals surface area contributed by atoms with E-state index >= 15 is 0 Å². The molecular weight excluding hydrogens is 266 g/mol. The van der Waals surface area contributed by atoms with Crippen LogP contribution in [-0.4, -0.2) is 41.9 Å². The van der Waals surface area contributed by atoms with Gasteiger partial charge in [-0.1, -0.05) is 0 Å². The first kappa shape index (κ1) is 16.6. The molecule has 0 bridgehead atoms. The fourth-order valence-electron chi connectivity index (χ4n) is 3.95. The van der Waals surface area contributed by atoms with Crippen LogP contribution < -0.4 is 16.0 Å². The molecule has 2 rings (SSSR count). The first-order valence-electron chi connectivity index (χ1n) is 8.05. The summed E-state index contributed by atoms with van der Waals surface area (Å²) in [5, 5.41) is 9.89. The average Bonchev–Trinajstić information content (AvgIpc) is 2.23. The van der Waals surface area contributed by atoms with E-state index in [1.165, 1.54) is 0 Å². The molecule has 122 valence electrons. The highest BCUT2D eigenvalue weighted by atomic mass is 16.5. The third-order valence-corrected chi connectivity index (χ3v) is 4.38. The van der Waals surface area contributed by atoms with Gasteiger partial charge in [-0.25, -0.2) is 4.79 Å². The van der Waals surface area contributed by atoms with E-state index in [9.17, 15) is 4.79 Å². The molecule has 0 saturated carbocycles. The number of hydrogen-bond donors (Lipinski definition) is 3. The number of hydrogen-bond acceptors (Lipinski definition) is 3. The molecule has 2 fully saturated rings. The van der Waals surface area contributed by atoms with Gasteiger partial charge in [0.05, 0.1) is 12.1 Å². The van der Waals surface area contributed by atoms with E-state index in [0.29, 0.717) is 6.61 Å². The van der Waals surface area contributed by atoms with Crippen LogP contribution in [-0.2, 0) is 4.74 Å². The highest BCUT2D eigenvalue weighted by Gasteiger charge is 2.38. The number of carbonyl (C=O) groups excluding carboxylic acids is 1. The van der Waals surface area contributed by atoms with Gasteiger partial charge in [0, 0.05) is 23.7 Å². The van der Waals surface area contributed by atoms with Gasteiger partial charge in [0.15, 0.2) is 0 Å². The van der Waals surface area contributed by atoms with Crippen LogP contribution in [0.2, 0.25) is 0 Å². The van der Waals surface area contributed by atoms with Crippen molar-refractivity contribution in [3.05, 3.63) is 0 Å². The Hall–Kier alpha value is -0.810. The maximum atomic E-state index is 12.3. The summed E-state index contributed by atoms with van der Waals surface area (Å²) in [6.07, 6.45) is 3.86. The normalized spacial score (nSPS) is 32.4. The molecule has 2 saturated heterocycles. The van der Waals surface area contributed by atoms with Crippen molar-refractivity contribution in [1.29, 1.82) is 0 Å². The van der Waals surface area contributed by atoms with Gasteiger partial charge >= 0.3 is 6.03 Å². The summed E-state index contributed by atoms with van der Waals surface area (Å²) < 4.78 is 5.49. The Morgan fingerprint density at radius 2 is 1.76 bits per heavy atom. The molecular formula is C16H31N3O2. The van der Waals surface area contributed by atoms with Crippen LogP contribution in [0.5, 0.6) is 0 Å². The van der Waals surface area contributed by atoms with Crippen LogP contribution in [0.15, 0.2) is 0 Å². The predicted molar refractivity (Wildman–Crippen MR) is 84.4 cm³/mol. The maximum absolute atomic E-state index is 12.3. The van der Waals surface area contributed by atoms with Crippen LogP contribution >= 0.6 is 0 Å². The molecule has 2 heterocycles. The lowest BCUT2D eigenvalue weighted by Gasteiger charge is -2.46. The number of amides is 2. The maximum Gasteiger partial charge on any atom is 0.315 e. The number of ether oxygens (including phenoxy) is 1. The molecule has 2 amide bonds. The van der Waals surface area contributed by atoms with Crippen molar-refractivity contribution in [2.45, 2.75) is 83.0 Å². The molecule has 5 heteroatoms. The highest BCUT2D eigenvalue weighted by molar-refractivity contribution is 5.75. The molecule has 0 aliphatic carbocycles. The Bertz CT molecular complexity index is 371. The molecule has 0 radical (unpaired) electrons. The lowest BCUT2D eigenvalue weighted by Crippen LogP contribution is -2.64. The number of nitrogens with one attached hydrogen (secondary N) is 3. The standard InChI is InChI=1S/C16H31N3O2/c1-14(2)9-12(10-15(3,4)19-14)17-13(20)18-16(5)7-6-8-21-11-16/h12,19H,6-11H2,1-5H3,(H2,17,18,20). The molecule has 1 atom stereocenters. The van der Waals surface area contributed by atoms with Crippen molar-refractivity contribution in [3.8, 4) is 0 Å². The third kappa shape index (κ3) is 4.85. The van der Waals surface area contributed by atoms with Gasteiger partial charge in [0.25, 0.3) is 0 Å². The fourth-order valence-corrected chi connectivity index (χ4v) is 3.95. The second-order valence-corrected chi connectivity index (χ2v) is 8.31. The third-order valence-electron chi connectivity index (χ3n) is 4.38. The first-order chi connectivity index (χ1) is 9.59. The molecule has 2 aliphatic rings. The van der Waals surface area contributed by atoms with Gasteiger partial charge in [-0.2, -0.15) is 0 Å². The summed E-state index contributed by atoms with van der Waals surface area (Å²) in [6.45, 7) is 12.2. The van der Waals surface area contributed by atoms with Gasteiger partial charge in [0.1, 0.15) is 0 Å². The number of carbonyl (C=O) groups is 1. The summed E-state index contributed by atoms with van der Waals surface area (Å²) in [7, 11) is 0. The Morgan fingerprint density at radius 1 is 1.14 bits per heavy atom. The Morgan fingerprint density at radius 3 is 2.29 bits per heavy atom. The minimum absolute atomic E-state index is 0.0392. The van der Waals surface area contributed by atoms with Crippen LogP contribution in [0.25, 0.3) is 0 Å². The van der Waals surface area contributed by atoms with Crippen molar-refractivity contribution in [1.82, 2.24) is 16.0 Å². The minimum Gasteiger partial charge on any atom is -0.379 e. The molecule has 2 aliphatic heterocycles. The molecule has 0 aromatic carbocycles. The summed E-state index contributed by atoms with van der Waals surface area (Å²) in [6, 6.07) is 0.130. The Kier molecular flexibility index (Phi) is 4.54. The zero-order valence-corrected chi connectivity index (χ0v) is 14.1. The van der Waals surface area contributed by atoms with Crippen molar-refractivity contribution >= 4 is 6.03 Å². The van der Waals surface area contributed by atoms with E-state index in [0.717, 1.165) is 32.3 Å². The second kappa shape index (κ2) is 5.76. The van der Waals surface area contributed by atoms with Gasteiger partial charge in [-0.15, -0.1) is 0 Å². The summed E-state index contributed by atoms with van der Waals surface area (Å²) in [4.78, 5) is 12.3. The monoisotopic (exact) mass is 297 g/mol. The van der Waals surface area contributed by atoms with Crippen molar-refractivity contribution in [3.63, 3.8) is 0 Å². The minimum atomic E-state index is -0.236. The predicted octanol–water partition coefficient (Wildman–Crippen LogP) is 2.16. The van der Waals surface area contributed by atoms with Crippen LogP contribution in [0.3, 0.4) is 0 Å². The number of rotatable bonds is 2. The molecule has 5 nitrogen and oxygen atoms in total. The highest BCUT2D eigenvalue weighted by Crippen LogP contribution is 2.28. The van der Waals surface area contributed by atoms with E-state index in [-0.39, 0.29) is 28.7 Å². The SMILES string of the molecule is CC1(C)CC(NC(=O)NC2(C)CCCOC2)CC(C)(C)N1. The average molecular weight is 297 g/mol. The molecule has 21 heavy (non-hydrogen) atoms. The van der Waals surface area contributed by atoms with Gasteiger partial charge in [-0.3, -0.25) is 0 Å². The number of urea groups is 1. The van der Waals surface area contributed by atoms with Gasteiger partial charge in [0.2, 0.25) is 0 Å². The number of piperidine rings is 1. The van der Waals surface area contributed by atoms with E-state index in [1.807, 2.05) is 0 Å². The molecule has 0 spiro atoms. The lowest BCUT2D eigenvalue weighted by molar-refractivity contribution is 0.0327. The van der Waals surface area contributed by atoms with Crippen LogP contribution in [0, 0.1) is 0 Å². The molecule has 3 N–H and O–H groups in total. The summed E-state index contributed by atoms with van der Waals surface area (Å²) >= 11 is 0. The largest absolute Gasteiger partial charge is 0.379 e. The molecule has 1 unspecified atom stereocenters. The lowest BCUT2D eigenvalue weighted by atomic mass is 9.79. The van der Waals surface area contributed by atoms with Crippen molar-refractivity contribution < 1.29 is 9.53 Å². The molecule has 0 aromatic rings. The van der Waals surface area contributed by atoms with E-state index in [2.05, 4.69) is 50.6 Å². The fraction of sp³-hybridized carbons (Fsp3) is 0.938. The second-order valence-electron chi connectivity index (χ2n) is 8.31. The Balaban J connectivity index is 1.90. The van der Waals surface area contributed by atoms with Crippen molar-refractivity contribution in [2.75, 3.05) is 13.2 Å². The zero-order valence-electron chi connectivity index (χ0n) is 14.1. The first-order valence-corrected chi connectivity index (χ1v) is 8.05. The topological polar surface area (TPSA) is 62.4 Å². The molecule has 0 aromatic heterocycles. The Labute approximate surface area is 128 Å². The van der Waals surface area contributed by atoms with E-state index in [1.54, 1.807) is 0 Å². The van der Waals surface area contributed by atoms with E-state index in [4.69, 9.17) is 4.74 Å². The zero-order chi connectivity index (χ0) is 15.7. The van der Waals surface area contributed by atoms with Gasteiger partial charge < -0.3 is 20.7 Å². The van der Waals surface area contributed by atoms with Gasteiger partial charge in [-0.05, 0) is 60.3 Å². The summed E-state index contributed by atoms with van der Waals surface area (Å²) in [5.41, 5.74) is -0.157. The van der Waals surface area contributed by atoms with Crippen LogP contribution in [0.1, 0.15) is 60.3 Å². The van der Waals surface area contributed by atoms with Crippen molar-refractivity contribution in [2.24, 2.45) is 0 Å². The van der Waals surface area contributed by atoms with Crippen LogP contribution in [0.4, 0.5) is 4.79 Å². The quantitative estimate of drug-likeness (QED) is 0.732.